The maximum absolute atomic E-state index is 13.2. The second-order valence-electron chi connectivity index (χ2n) is 8.30. The molecule has 0 spiro atoms. The first-order chi connectivity index (χ1) is 15.6. The average molecular weight is 428 g/mol. The number of nitrogens with zero attached hydrogens (tertiary/aromatic N) is 2. The SMILES string of the molecule is CN(Cc1ccccc1-c1ccccc1)C(=O)C1CCCN(C(=O)Nc2ccccc2)C1. The Morgan fingerprint density at radius 2 is 1.59 bits per heavy atom. The number of amides is 3. The summed E-state index contributed by atoms with van der Waals surface area (Å²) in [6.07, 6.45) is 1.63. The number of anilines is 1. The summed E-state index contributed by atoms with van der Waals surface area (Å²) in [7, 11) is 1.85. The normalized spacial score (nSPS) is 15.8. The van der Waals surface area contributed by atoms with Crippen LogP contribution in [-0.2, 0) is 11.3 Å². The number of nitrogens with one attached hydrogen (secondary N) is 1. The number of piperidine rings is 1. The minimum absolute atomic E-state index is 0.0880. The summed E-state index contributed by atoms with van der Waals surface area (Å²) in [6, 6.07) is 27.7. The summed E-state index contributed by atoms with van der Waals surface area (Å²) in [5.74, 6) is -0.0933. The molecule has 4 rings (SSSR count). The first-order valence-corrected chi connectivity index (χ1v) is 11.1. The molecule has 1 saturated heterocycles. The molecule has 1 aliphatic rings. The van der Waals surface area contributed by atoms with Crippen LogP contribution in [0.2, 0.25) is 0 Å². The lowest BCUT2D eigenvalue weighted by Crippen LogP contribution is -2.47. The minimum atomic E-state index is -0.181. The van der Waals surface area contributed by atoms with Crippen molar-refractivity contribution in [2.75, 3.05) is 25.5 Å². The van der Waals surface area contributed by atoms with E-state index in [1.165, 1.54) is 0 Å². The summed E-state index contributed by atoms with van der Waals surface area (Å²) in [4.78, 5) is 29.5. The minimum Gasteiger partial charge on any atom is -0.341 e. The van der Waals surface area contributed by atoms with E-state index in [-0.39, 0.29) is 17.9 Å². The molecular weight excluding hydrogens is 398 g/mol. The van der Waals surface area contributed by atoms with E-state index in [2.05, 4.69) is 29.6 Å². The third-order valence-corrected chi connectivity index (χ3v) is 5.97. The second kappa shape index (κ2) is 10.1. The fraction of sp³-hybridized carbons (Fsp3) is 0.259. The molecule has 3 aromatic carbocycles. The summed E-state index contributed by atoms with van der Waals surface area (Å²) < 4.78 is 0. The Kier molecular flexibility index (Phi) is 6.85. The van der Waals surface area contributed by atoms with E-state index >= 15 is 0 Å². The van der Waals surface area contributed by atoms with Crippen LogP contribution in [0.3, 0.4) is 0 Å². The van der Waals surface area contributed by atoms with Gasteiger partial charge in [0.2, 0.25) is 5.91 Å². The molecular formula is C27H29N3O2. The highest BCUT2D eigenvalue weighted by Gasteiger charge is 2.30. The number of carbonyl (C=O) groups excluding carboxylic acids is 2. The van der Waals surface area contributed by atoms with Crippen LogP contribution in [-0.4, -0.2) is 41.9 Å². The Bertz CT molecular complexity index is 1050. The van der Waals surface area contributed by atoms with Crippen LogP contribution in [0, 0.1) is 5.92 Å². The molecule has 5 heteroatoms. The monoisotopic (exact) mass is 427 g/mol. The van der Waals surface area contributed by atoms with Crippen molar-refractivity contribution in [3.05, 3.63) is 90.5 Å². The molecule has 1 atom stereocenters. The van der Waals surface area contributed by atoms with Crippen LogP contribution >= 0.6 is 0 Å². The third-order valence-electron chi connectivity index (χ3n) is 5.97. The Morgan fingerprint density at radius 3 is 2.34 bits per heavy atom. The zero-order valence-corrected chi connectivity index (χ0v) is 18.4. The van der Waals surface area contributed by atoms with Crippen LogP contribution in [0.1, 0.15) is 18.4 Å². The fourth-order valence-corrected chi connectivity index (χ4v) is 4.29. The molecule has 5 nitrogen and oxygen atoms in total. The molecule has 1 N–H and O–H groups in total. The van der Waals surface area contributed by atoms with E-state index < -0.39 is 0 Å². The van der Waals surface area contributed by atoms with Gasteiger partial charge in [0.25, 0.3) is 0 Å². The molecule has 3 amide bonds. The van der Waals surface area contributed by atoms with Crippen LogP contribution in [0.4, 0.5) is 10.5 Å². The molecule has 0 aromatic heterocycles. The van der Waals surface area contributed by atoms with Crippen LogP contribution in [0.15, 0.2) is 84.9 Å². The highest BCUT2D eigenvalue weighted by atomic mass is 16.2. The van der Waals surface area contributed by atoms with E-state index in [0.29, 0.717) is 19.6 Å². The molecule has 1 aliphatic heterocycles. The van der Waals surface area contributed by atoms with Gasteiger partial charge < -0.3 is 15.1 Å². The summed E-state index contributed by atoms with van der Waals surface area (Å²) in [5, 5.41) is 2.93. The van der Waals surface area contributed by atoms with Gasteiger partial charge in [-0.2, -0.15) is 0 Å². The molecule has 164 valence electrons. The number of urea groups is 1. The van der Waals surface area contributed by atoms with E-state index in [1.54, 1.807) is 9.80 Å². The Morgan fingerprint density at radius 1 is 0.938 bits per heavy atom. The standard InChI is InChI=1S/C27H29N3O2/c1-29(19-22-13-8-9-17-25(22)21-11-4-2-5-12-21)26(31)23-14-10-18-30(20-23)27(32)28-24-15-6-3-7-16-24/h2-9,11-13,15-17,23H,10,14,18-20H2,1H3,(H,28,32). The van der Waals surface area contributed by atoms with Crippen molar-refractivity contribution in [3.8, 4) is 11.1 Å². The number of para-hydroxylation sites is 1. The van der Waals surface area contributed by atoms with E-state index in [1.807, 2.05) is 67.7 Å². The molecule has 1 heterocycles. The van der Waals surface area contributed by atoms with Gasteiger partial charge in [-0.15, -0.1) is 0 Å². The van der Waals surface area contributed by atoms with E-state index in [9.17, 15) is 9.59 Å². The van der Waals surface area contributed by atoms with Crippen molar-refractivity contribution < 1.29 is 9.59 Å². The van der Waals surface area contributed by atoms with Gasteiger partial charge in [0.15, 0.2) is 0 Å². The number of likely N-dealkylation sites (tertiary alicyclic amines) is 1. The molecule has 1 fully saturated rings. The third kappa shape index (κ3) is 5.17. The molecule has 0 bridgehead atoms. The van der Waals surface area contributed by atoms with E-state index in [4.69, 9.17) is 0 Å². The zero-order chi connectivity index (χ0) is 22.3. The highest BCUT2D eigenvalue weighted by Crippen LogP contribution is 2.26. The van der Waals surface area contributed by atoms with Crippen molar-refractivity contribution in [2.45, 2.75) is 19.4 Å². The van der Waals surface area contributed by atoms with Crippen LogP contribution < -0.4 is 5.32 Å². The molecule has 1 unspecified atom stereocenters. The number of rotatable bonds is 5. The zero-order valence-electron chi connectivity index (χ0n) is 18.4. The van der Waals surface area contributed by atoms with Gasteiger partial charge in [0, 0.05) is 32.4 Å². The van der Waals surface area contributed by atoms with Crippen molar-refractivity contribution in [3.63, 3.8) is 0 Å². The lowest BCUT2D eigenvalue weighted by molar-refractivity contribution is -0.136. The summed E-state index contributed by atoms with van der Waals surface area (Å²) in [5.41, 5.74) is 4.16. The number of hydrogen-bond donors (Lipinski definition) is 1. The summed E-state index contributed by atoms with van der Waals surface area (Å²) >= 11 is 0. The highest BCUT2D eigenvalue weighted by molar-refractivity contribution is 5.90. The first kappa shape index (κ1) is 21.6. The lowest BCUT2D eigenvalue weighted by atomic mass is 9.95. The Hall–Kier alpha value is -3.60. The van der Waals surface area contributed by atoms with Gasteiger partial charge in [0.1, 0.15) is 0 Å². The fourth-order valence-electron chi connectivity index (χ4n) is 4.29. The predicted molar refractivity (Wildman–Crippen MR) is 128 cm³/mol. The maximum Gasteiger partial charge on any atom is 0.321 e. The van der Waals surface area contributed by atoms with Crippen molar-refractivity contribution in [1.29, 1.82) is 0 Å². The topological polar surface area (TPSA) is 52.7 Å². The van der Waals surface area contributed by atoms with Crippen molar-refractivity contribution in [1.82, 2.24) is 9.80 Å². The molecule has 0 saturated carbocycles. The lowest BCUT2D eigenvalue weighted by Gasteiger charge is -2.34. The van der Waals surface area contributed by atoms with Gasteiger partial charge in [-0.1, -0.05) is 72.8 Å². The molecule has 0 aliphatic carbocycles. The Labute approximate surface area is 189 Å². The quantitative estimate of drug-likeness (QED) is 0.604. The number of benzene rings is 3. The molecule has 32 heavy (non-hydrogen) atoms. The van der Waals surface area contributed by atoms with Gasteiger partial charge in [-0.05, 0) is 41.7 Å². The van der Waals surface area contributed by atoms with Gasteiger partial charge in [-0.3, -0.25) is 4.79 Å². The van der Waals surface area contributed by atoms with Crippen molar-refractivity contribution >= 4 is 17.6 Å². The average Bonchev–Trinajstić information content (AvgIpc) is 2.85. The van der Waals surface area contributed by atoms with E-state index in [0.717, 1.165) is 35.2 Å². The van der Waals surface area contributed by atoms with Crippen molar-refractivity contribution in [2.24, 2.45) is 5.92 Å². The molecule has 0 radical (unpaired) electrons. The molecule has 3 aromatic rings. The second-order valence-corrected chi connectivity index (χ2v) is 8.30. The number of carbonyl (C=O) groups is 2. The number of hydrogen-bond acceptors (Lipinski definition) is 2. The van der Waals surface area contributed by atoms with Crippen LogP contribution in [0.5, 0.6) is 0 Å². The van der Waals surface area contributed by atoms with Crippen LogP contribution in [0.25, 0.3) is 11.1 Å². The maximum atomic E-state index is 13.2. The largest absolute Gasteiger partial charge is 0.341 e. The van der Waals surface area contributed by atoms with Gasteiger partial charge >= 0.3 is 6.03 Å². The predicted octanol–water partition coefficient (Wildman–Crippen LogP) is 5.26. The summed E-state index contributed by atoms with van der Waals surface area (Å²) in [6.45, 7) is 1.65. The Balaban J connectivity index is 1.40. The smallest absolute Gasteiger partial charge is 0.321 e. The van der Waals surface area contributed by atoms with Gasteiger partial charge in [-0.25, -0.2) is 4.79 Å². The van der Waals surface area contributed by atoms with Gasteiger partial charge in [0.05, 0.1) is 5.92 Å². The first-order valence-electron chi connectivity index (χ1n) is 11.1.